The number of rotatable bonds is 4. The van der Waals surface area contributed by atoms with Crippen LogP contribution in [0.4, 0.5) is 0 Å². The van der Waals surface area contributed by atoms with Gasteiger partial charge in [-0.05, 0) is 53.3 Å². The van der Waals surface area contributed by atoms with E-state index in [1.165, 1.54) is 11.3 Å². The Morgan fingerprint density at radius 2 is 2.17 bits per heavy atom. The van der Waals surface area contributed by atoms with Gasteiger partial charge in [0.2, 0.25) is 0 Å². The van der Waals surface area contributed by atoms with Crippen LogP contribution < -0.4 is 5.32 Å². The third kappa shape index (κ3) is 2.80. The first-order valence-corrected chi connectivity index (χ1v) is 9.14. The minimum Gasteiger partial charge on any atom is -0.317 e. The van der Waals surface area contributed by atoms with E-state index in [4.69, 9.17) is 0 Å². The van der Waals surface area contributed by atoms with Crippen LogP contribution in [0, 0.1) is 0 Å². The van der Waals surface area contributed by atoms with Gasteiger partial charge < -0.3 is 5.32 Å². The van der Waals surface area contributed by atoms with E-state index in [0.29, 0.717) is 15.2 Å². The van der Waals surface area contributed by atoms with Crippen molar-refractivity contribution in [2.45, 2.75) is 30.0 Å². The molecule has 1 fully saturated rings. The number of halogens is 1. The monoisotopic (exact) mass is 352 g/mol. The minimum absolute atomic E-state index is 0.121. The quantitative estimate of drug-likeness (QED) is 0.904. The molecule has 0 radical (unpaired) electrons. The lowest BCUT2D eigenvalue weighted by atomic mass is 10.1. The van der Waals surface area contributed by atoms with Gasteiger partial charge in [0, 0.05) is 17.1 Å². The summed E-state index contributed by atoms with van der Waals surface area (Å²) in [6, 6.07) is 1.91. The fourth-order valence-electron chi connectivity index (χ4n) is 2.29. The Hall–Kier alpha value is 0.0500. The fourth-order valence-corrected chi connectivity index (χ4v) is 6.41. The molecule has 0 saturated carbocycles. The summed E-state index contributed by atoms with van der Waals surface area (Å²) in [6.45, 7) is 4.21. The molecule has 1 aromatic heterocycles. The van der Waals surface area contributed by atoms with Crippen LogP contribution in [0.15, 0.2) is 20.1 Å². The lowest BCUT2D eigenvalue weighted by Gasteiger charge is -2.32. The zero-order valence-corrected chi connectivity index (χ0v) is 13.4. The van der Waals surface area contributed by atoms with Gasteiger partial charge in [-0.15, -0.1) is 11.3 Å². The van der Waals surface area contributed by atoms with E-state index in [2.05, 4.69) is 21.2 Å². The normalized spacial score (nSPS) is 18.4. The molecule has 0 aliphatic carbocycles. The van der Waals surface area contributed by atoms with Crippen molar-refractivity contribution in [2.75, 3.05) is 19.6 Å². The summed E-state index contributed by atoms with van der Waals surface area (Å²) in [6.07, 6.45) is 1.77. The molecule has 1 aromatic rings. The van der Waals surface area contributed by atoms with Gasteiger partial charge in [-0.1, -0.05) is 6.92 Å². The molecule has 2 rings (SSSR count). The van der Waals surface area contributed by atoms with Crippen molar-refractivity contribution in [3.8, 4) is 0 Å². The Bertz CT molecular complexity index is 495. The van der Waals surface area contributed by atoms with Crippen molar-refractivity contribution in [3.05, 3.63) is 15.9 Å². The molecule has 2 heterocycles. The number of sulfonamides is 1. The number of hydrogen-bond donors (Lipinski definition) is 1. The first-order valence-electron chi connectivity index (χ1n) is 6.03. The highest BCUT2D eigenvalue weighted by Crippen LogP contribution is 2.32. The molecule has 7 heteroatoms. The van der Waals surface area contributed by atoms with E-state index in [1.807, 2.05) is 6.92 Å². The molecule has 18 heavy (non-hydrogen) atoms. The summed E-state index contributed by atoms with van der Waals surface area (Å²) < 4.78 is 28.0. The third-order valence-corrected chi connectivity index (χ3v) is 7.83. The van der Waals surface area contributed by atoms with Crippen molar-refractivity contribution in [3.63, 3.8) is 0 Å². The molecular formula is C11H17BrN2O2S2. The third-order valence-electron chi connectivity index (χ3n) is 3.16. The van der Waals surface area contributed by atoms with E-state index in [1.54, 1.807) is 15.8 Å². The van der Waals surface area contributed by atoms with E-state index < -0.39 is 10.0 Å². The molecular weight excluding hydrogens is 336 g/mol. The lowest BCUT2D eigenvalue weighted by Crippen LogP contribution is -2.45. The predicted octanol–water partition coefficient (Wildman–Crippen LogP) is 2.27. The number of hydrogen-bond acceptors (Lipinski definition) is 4. The second-order valence-electron chi connectivity index (χ2n) is 4.25. The smallest absolute Gasteiger partial charge is 0.253 e. The van der Waals surface area contributed by atoms with Crippen molar-refractivity contribution >= 4 is 37.3 Å². The first kappa shape index (κ1) is 14.5. The summed E-state index contributed by atoms with van der Waals surface area (Å²) in [5, 5.41) is 5.06. The van der Waals surface area contributed by atoms with E-state index in [9.17, 15) is 8.42 Å². The average molecular weight is 353 g/mol. The largest absolute Gasteiger partial charge is 0.317 e. The maximum absolute atomic E-state index is 12.6. The molecule has 1 saturated heterocycles. The number of piperidine rings is 1. The standard InChI is InChI=1S/C11H17BrN2O2S2/c1-2-14(9-3-6-13-7-4-9)18(15,16)11-10(12)5-8-17-11/h5,8-9,13H,2-4,6-7H2,1H3. The highest BCUT2D eigenvalue weighted by Gasteiger charge is 2.32. The van der Waals surface area contributed by atoms with Gasteiger partial charge in [-0.3, -0.25) is 0 Å². The summed E-state index contributed by atoms with van der Waals surface area (Å²) >= 11 is 4.59. The van der Waals surface area contributed by atoms with Crippen LogP contribution in [0.1, 0.15) is 19.8 Å². The summed E-state index contributed by atoms with van der Waals surface area (Å²) in [4.78, 5) is 0. The summed E-state index contributed by atoms with van der Waals surface area (Å²) in [7, 11) is -3.36. The first-order chi connectivity index (χ1) is 8.57. The van der Waals surface area contributed by atoms with Gasteiger partial charge in [0.25, 0.3) is 10.0 Å². The molecule has 0 atom stereocenters. The zero-order chi connectivity index (χ0) is 13.2. The number of nitrogens with zero attached hydrogens (tertiary/aromatic N) is 1. The van der Waals surface area contributed by atoms with Crippen molar-refractivity contribution in [1.29, 1.82) is 0 Å². The second-order valence-corrected chi connectivity index (χ2v) is 8.10. The van der Waals surface area contributed by atoms with E-state index >= 15 is 0 Å². The maximum Gasteiger partial charge on any atom is 0.253 e. The van der Waals surface area contributed by atoms with E-state index in [0.717, 1.165) is 25.9 Å². The van der Waals surface area contributed by atoms with Crippen molar-refractivity contribution in [1.82, 2.24) is 9.62 Å². The maximum atomic E-state index is 12.6. The Morgan fingerprint density at radius 3 is 2.67 bits per heavy atom. The highest BCUT2D eigenvalue weighted by atomic mass is 79.9. The SMILES string of the molecule is CCN(C1CCNCC1)S(=O)(=O)c1sccc1Br. The van der Waals surface area contributed by atoms with Crippen LogP contribution in [0.5, 0.6) is 0 Å². The highest BCUT2D eigenvalue weighted by molar-refractivity contribution is 9.10. The molecule has 0 aromatic carbocycles. The van der Waals surface area contributed by atoms with Crippen molar-refractivity contribution in [2.24, 2.45) is 0 Å². The van der Waals surface area contributed by atoms with Gasteiger partial charge in [0.05, 0.1) is 0 Å². The number of nitrogens with one attached hydrogen (secondary N) is 1. The average Bonchev–Trinajstić information content (AvgIpc) is 2.78. The van der Waals surface area contributed by atoms with Crippen LogP contribution >= 0.6 is 27.3 Å². The number of thiophene rings is 1. The minimum atomic E-state index is -3.36. The Balaban J connectivity index is 2.29. The molecule has 102 valence electrons. The van der Waals surface area contributed by atoms with Gasteiger partial charge in [-0.2, -0.15) is 4.31 Å². The van der Waals surface area contributed by atoms with Crippen LogP contribution in [-0.2, 0) is 10.0 Å². The van der Waals surface area contributed by atoms with Crippen LogP contribution in [0.2, 0.25) is 0 Å². The molecule has 1 aliphatic rings. The molecule has 0 spiro atoms. The van der Waals surface area contributed by atoms with Crippen molar-refractivity contribution < 1.29 is 8.42 Å². The molecule has 0 amide bonds. The summed E-state index contributed by atoms with van der Waals surface area (Å²) in [5.74, 6) is 0. The van der Waals surface area contributed by atoms with Gasteiger partial charge in [0.15, 0.2) is 0 Å². The fraction of sp³-hybridized carbons (Fsp3) is 0.636. The van der Waals surface area contributed by atoms with Crippen LogP contribution in [-0.4, -0.2) is 38.4 Å². The lowest BCUT2D eigenvalue weighted by molar-refractivity contribution is 0.271. The van der Waals surface area contributed by atoms with Gasteiger partial charge in [0.1, 0.15) is 4.21 Å². The topological polar surface area (TPSA) is 49.4 Å². The molecule has 1 aliphatic heterocycles. The van der Waals surface area contributed by atoms with Crippen LogP contribution in [0.3, 0.4) is 0 Å². The van der Waals surface area contributed by atoms with Gasteiger partial charge in [-0.25, -0.2) is 8.42 Å². The Kier molecular flexibility index (Phi) is 4.82. The van der Waals surface area contributed by atoms with Gasteiger partial charge >= 0.3 is 0 Å². The summed E-state index contributed by atoms with van der Waals surface area (Å²) in [5.41, 5.74) is 0. The molecule has 1 N–H and O–H groups in total. The van der Waals surface area contributed by atoms with Crippen LogP contribution in [0.25, 0.3) is 0 Å². The van der Waals surface area contributed by atoms with E-state index in [-0.39, 0.29) is 6.04 Å². The Morgan fingerprint density at radius 1 is 1.50 bits per heavy atom. The molecule has 0 unspecified atom stereocenters. The second kappa shape index (κ2) is 6.00. The molecule has 0 bridgehead atoms. The predicted molar refractivity (Wildman–Crippen MR) is 77.5 cm³/mol. The molecule has 4 nitrogen and oxygen atoms in total. The zero-order valence-electron chi connectivity index (χ0n) is 10.2. The Labute approximate surface area is 121 Å².